The number of benzene rings is 2. The van der Waals surface area contributed by atoms with Gasteiger partial charge in [-0.1, -0.05) is 24.3 Å². The van der Waals surface area contributed by atoms with Gasteiger partial charge >= 0.3 is 0 Å². The predicted octanol–water partition coefficient (Wildman–Crippen LogP) is 2.26. The van der Waals surface area contributed by atoms with Crippen LogP contribution >= 0.6 is 0 Å². The fourth-order valence-electron chi connectivity index (χ4n) is 2.25. The average Bonchev–Trinajstić information content (AvgIpc) is 2.60. The van der Waals surface area contributed by atoms with E-state index in [0.29, 0.717) is 18.5 Å². The number of carbonyl (C=O) groups excluding carboxylic acids is 2. The summed E-state index contributed by atoms with van der Waals surface area (Å²) in [7, 11) is 5.04. The Labute approximate surface area is 142 Å². The smallest absolute Gasteiger partial charge is 0.253 e. The molecular formula is C19H22N2O3. The topological polar surface area (TPSA) is 58.6 Å². The van der Waals surface area contributed by atoms with Crippen molar-refractivity contribution >= 4 is 11.8 Å². The number of carbonyl (C=O) groups is 2. The second-order valence-electron chi connectivity index (χ2n) is 5.70. The Kier molecular flexibility index (Phi) is 5.95. The van der Waals surface area contributed by atoms with Crippen LogP contribution in [0.1, 0.15) is 21.5 Å². The third kappa shape index (κ3) is 4.84. The molecule has 0 fully saturated rings. The molecule has 2 amide bonds. The van der Waals surface area contributed by atoms with Gasteiger partial charge < -0.3 is 15.0 Å². The van der Waals surface area contributed by atoms with E-state index in [4.69, 9.17) is 4.74 Å². The van der Waals surface area contributed by atoms with E-state index in [1.165, 1.54) is 4.90 Å². The van der Waals surface area contributed by atoms with Crippen molar-refractivity contribution < 1.29 is 14.3 Å². The fraction of sp³-hybridized carbons (Fsp3) is 0.263. The number of hydrogen-bond acceptors (Lipinski definition) is 3. The van der Waals surface area contributed by atoms with Crippen LogP contribution in [-0.4, -0.2) is 37.9 Å². The molecule has 0 aliphatic carbocycles. The van der Waals surface area contributed by atoms with E-state index in [2.05, 4.69) is 5.32 Å². The van der Waals surface area contributed by atoms with Gasteiger partial charge in [0, 0.05) is 26.2 Å². The normalized spacial score (nSPS) is 10.1. The molecule has 0 atom stereocenters. The molecule has 5 heteroatoms. The van der Waals surface area contributed by atoms with E-state index in [9.17, 15) is 9.59 Å². The average molecular weight is 326 g/mol. The molecule has 0 aliphatic heterocycles. The zero-order chi connectivity index (χ0) is 17.5. The van der Waals surface area contributed by atoms with Gasteiger partial charge in [0.15, 0.2) is 0 Å². The minimum atomic E-state index is -0.0586. The molecule has 2 aromatic carbocycles. The zero-order valence-electron chi connectivity index (χ0n) is 14.2. The lowest BCUT2D eigenvalue weighted by Crippen LogP contribution is -2.24. The first-order chi connectivity index (χ1) is 11.5. The first-order valence-corrected chi connectivity index (χ1v) is 7.70. The van der Waals surface area contributed by atoms with Gasteiger partial charge in [-0.3, -0.25) is 9.59 Å². The third-order valence-corrected chi connectivity index (χ3v) is 3.60. The lowest BCUT2D eigenvalue weighted by atomic mass is 10.1. The first-order valence-electron chi connectivity index (χ1n) is 7.70. The van der Waals surface area contributed by atoms with E-state index in [0.717, 1.165) is 16.9 Å². The maximum atomic E-state index is 12.0. The maximum Gasteiger partial charge on any atom is 0.253 e. The first kappa shape index (κ1) is 17.5. The molecule has 2 rings (SSSR count). The molecular weight excluding hydrogens is 304 g/mol. The number of ether oxygens (including phenoxy) is 1. The van der Waals surface area contributed by atoms with Crippen LogP contribution in [0.3, 0.4) is 0 Å². The van der Waals surface area contributed by atoms with E-state index in [-0.39, 0.29) is 11.8 Å². The van der Waals surface area contributed by atoms with Crippen molar-refractivity contribution in [3.63, 3.8) is 0 Å². The summed E-state index contributed by atoms with van der Waals surface area (Å²) < 4.78 is 5.15. The summed E-state index contributed by atoms with van der Waals surface area (Å²) in [6.45, 7) is 0.430. The second kappa shape index (κ2) is 8.15. The standard InChI is InChI=1S/C19H22N2O3/c1-21(2)19(23)16-9-7-14(8-10-16)13-20-18(22)12-15-5-4-6-17(11-15)24-3/h4-11H,12-13H2,1-3H3,(H,20,22). The lowest BCUT2D eigenvalue weighted by Gasteiger charge is -2.11. The van der Waals surface area contributed by atoms with Gasteiger partial charge in [-0.15, -0.1) is 0 Å². The highest BCUT2D eigenvalue weighted by molar-refractivity contribution is 5.93. The van der Waals surface area contributed by atoms with Gasteiger partial charge in [0.1, 0.15) is 5.75 Å². The highest BCUT2D eigenvalue weighted by atomic mass is 16.5. The monoisotopic (exact) mass is 326 g/mol. The van der Waals surface area contributed by atoms with Crippen molar-refractivity contribution in [1.29, 1.82) is 0 Å². The van der Waals surface area contributed by atoms with Gasteiger partial charge in [0.05, 0.1) is 13.5 Å². The van der Waals surface area contributed by atoms with E-state index >= 15 is 0 Å². The number of rotatable bonds is 6. The molecule has 0 bridgehead atoms. The van der Waals surface area contributed by atoms with Crippen LogP contribution < -0.4 is 10.1 Å². The summed E-state index contributed by atoms with van der Waals surface area (Å²) in [5.41, 5.74) is 2.48. The summed E-state index contributed by atoms with van der Waals surface area (Å²) >= 11 is 0. The predicted molar refractivity (Wildman–Crippen MR) is 93.0 cm³/mol. The minimum absolute atomic E-state index is 0.0383. The molecule has 5 nitrogen and oxygen atoms in total. The second-order valence-corrected chi connectivity index (χ2v) is 5.70. The molecule has 24 heavy (non-hydrogen) atoms. The molecule has 2 aromatic rings. The molecule has 0 saturated heterocycles. The molecule has 0 heterocycles. The quantitative estimate of drug-likeness (QED) is 0.886. The maximum absolute atomic E-state index is 12.0. The van der Waals surface area contributed by atoms with Crippen LogP contribution in [-0.2, 0) is 17.8 Å². The summed E-state index contributed by atoms with van der Waals surface area (Å²) in [5.74, 6) is 0.641. The summed E-state index contributed by atoms with van der Waals surface area (Å²) in [5, 5.41) is 2.88. The van der Waals surface area contributed by atoms with E-state index in [1.54, 1.807) is 33.3 Å². The Morgan fingerprint density at radius 1 is 1.04 bits per heavy atom. The zero-order valence-corrected chi connectivity index (χ0v) is 14.2. The SMILES string of the molecule is COc1cccc(CC(=O)NCc2ccc(C(=O)N(C)C)cc2)c1. The van der Waals surface area contributed by atoms with Gasteiger partial charge in [-0.05, 0) is 35.4 Å². The van der Waals surface area contributed by atoms with Crippen LogP contribution in [0, 0.1) is 0 Å². The van der Waals surface area contributed by atoms with E-state index < -0.39 is 0 Å². The Bertz CT molecular complexity index is 709. The molecule has 126 valence electrons. The van der Waals surface area contributed by atoms with Crippen molar-refractivity contribution in [2.45, 2.75) is 13.0 Å². The molecule has 0 aliphatic rings. The number of hydrogen-bond donors (Lipinski definition) is 1. The van der Waals surface area contributed by atoms with Crippen LogP contribution in [0.25, 0.3) is 0 Å². The number of nitrogens with zero attached hydrogens (tertiary/aromatic N) is 1. The van der Waals surface area contributed by atoms with Crippen molar-refractivity contribution in [3.05, 3.63) is 65.2 Å². The summed E-state index contributed by atoms with van der Waals surface area (Å²) in [6.07, 6.45) is 0.300. The highest BCUT2D eigenvalue weighted by Crippen LogP contribution is 2.13. The number of amides is 2. The van der Waals surface area contributed by atoms with E-state index in [1.807, 2.05) is 36.4 Å². The molecule has 0 spiro atoms. The van der Waals surface area contributed by atoms with Crippen molar-refractivity contribution in [1.82, 2.24) is 10.2 Å². The minimum Gasteiger partial charge on any atom is -0.497 e. The summed E-state index contributed by atoms with van der Waals surface area (Å²) in [6, 6.07) is 14.7. The highest BCUT2D eigenvalue weighted by Gasteiger charge is 2.08. The van der Waals surface area contributed by atoms with Crippen LogP contribution in [0.5, 0.6) is 5.75 Å². The summed E-state index contributed by atoms with van der Waals surface area (Å²) in [4.78, 5) is 25.4. The molecule has 0 unspecified atom stereocenters. The Morgan fingerprint density at radius 2 is 1.75 bits per heavy atom. The number of nitrogens with one attached hydrogen (secondary N) is 1. The van der Waals surface area contributed by atoms with Gasteiger partial charge in [-0.25, -0.2) is 0 Å². The van der Waals surface area contributed by atoms with Crippen LogP contribution in [0.15, 0.2) is 48.5 Å². The fourth-order valence-corrected chi connectivity index (χ4v) is 2.25. The molecule has 0 aromatic heterocycles. The Hall–Kier alpha value is -2.82. The van der Waals surface area contributed by atoms with Crippen molar-refractivity contribution in [2.24, 2.45) is 0 Å². The van der Waals surface area contributed by atoms with Gasteiger partial charge in [-0.2, -0.15) is 0 Å². The van der Waals surface area contributed by atoms with Gasteiger partial charge in [0.2, 0.25) is 5.91 Å². The van der Waals surface area contributed by atoms with Gasteiger partial charge in [0.25, 0.3) is 5.91 Å². The van der Waals surface area contributed by atoms with Crippen molar-refractivity contribution in [3.8, 4) is 5.75 Å². The molecule has 0 saturated carbocycles. The Balaban J connectivity index is 1.88. The largest absolute Gasteiger partial charge is 0.497 e. The number of methoxy groups -OCH3 is 1. The van der Waals surface area contributed by atoms with Crippen molar-refractivity contribution in [2.75, 3.05) is 21.2 Å². The Morgan fingerprint density at radius 3 is 2.38 bits per heavy atom. The molecule has 0 radical (unpaired) electrons. The molecule has 1 N–H and O–H groups in total. The van der Waals surface area contributed by atoms with Crippen LogP contribution in [0.4, 0.5) is 0 Å². The van der Waals surface area contributed by atoms with Crippen LogP contribution in [0.2, 0.25) is 0 Å². The lowest BCUT2D eigenvalue weighted by molar-refractivity contribution is -0.120. The third-order valence-electron chi connectivity index (χ3n) is 3.60.